The number of nitrogens with zero attached hydrogens (tertiary/aromatic N) is 1. The minimum absolute atomic E-state index is 0.0369. The summed E-state index contributed by atoms with van der Waals surface area (Å²) in [5.41, 5.74) is 1.09. The molecule has 1 aromatic rings. The minimum Gasteiger partial charge on any atom is -0.481 e. The van der Waals surface area contributed by atoms with Gasteiger partial charge in [0.05, 0.1) is 22.1 Å². The summed E-state index contributed by atoms with van der Waals surface area (Å²) in [5, 5.41) is 9.11. The van der Waals surface area contributed by atoms with E-state index in [1.54, 1.807) is 18.3 Å². The fourth-order valence-corrected chi connectivity index (χ4v) is 6.11. The van der Waals surface area contributed by atoms with Crippen molar-refractivity contribution in [3.8, 4) is 0 Å². The zero-order valence-corrected chi connectivity index (χ0v) is 20.4. The fourth-order valence-electron chi connectivity index (χ4n) is 3.95. The molecule has 1 N–H and O–H groups in total. The van der Waals surface area contributed by atoms with Gasteiger partial charge in [0, 0.05) is 24.6 Å². The molecule has 6 nitrogen and oxygen atoms in total. The Morgan fingerprint density at radius 1 is 1.26 bits per heavy atom. The predicted octanol–water partition coefficient (Wildman–Crippen LogP) is 4.66. The van der Waals surface area contributed by atoms with Crippen molar-refractivity contribution in [2.45, 2.75) is 64.2 Å². The molecule has 1 heterocycles. The van der Waals surface area contributed by atoms with E-state index in [1.165, 1.54) is 11.0 Å². The van der Waals surface area contributed by atoms with Crippen LogP contribution in [0.3, 0.4) is 0 Å². The zero-order valence-electron chi connectivity index (χ0n) is 18.8. The molecule has 8 heteroatoms. The second kappa shape index (κ2) is 9.74. The number of allylic oxidation sites excluding steroid dienone is 1. The largest absolute Gasteiger partial charge is 0.481 e. The van der Waals surface area contributed by atoms with Gasteiger partial charge in [0.1, 0.15) is 0 Å². The van der Waals surface area contributed by atoms with Gasteiger partial charge in [0.25, 0.3) is 0 Å². The van der Waals surface area contributed by atoms with Crippen LogP contribution in [0.1, 0.15) is 59.4 Å². The Morgan fingerprint density at radius 2 is 1.90 bits per heavy atom. The van der Waals surface area contributed by atoms with Crippen LogP contribution in [0.4, 0.5) is 0 Å². The minimum atomic E-state index is -3.50. The van der Waals surface area contributed by atoms with E-state index in [1.807, 2.05) is 34.6 Å². The van der Waals surface area contributed by atoms with Crippen molar-refractivity contribution in [3.05, 3.63) is 40.6 Å². The van der Waals surface area contributed by atoms with Crippen molar-refractivity contribution in [3.63, 3.8) is 0 Å². The molecule has 0 spiro atoms. The maximum Gasteiger partial charge on any atom is 0.305 e. The third-order valence-corrected chi connectivity index (χ3v) is 8.04. The smallest absolute Gasteiger partial charge is 0.305 e. The molecule has 1 atom stereocenters. The monoisotopic (exact) mass is 469 g/mol. The van der Waals surface area contributed by atoms with E-state index in [0.717, 1.165) is 11.1 Å². The van der Waals surface area contributed by atoms with E-state index in [0.29, 0.717) is 6.42 Å². The third-order valence-electron chi connectivity index (χ3n) is 5.81. The first-order chi connectivity index (χ1) is 14.3. The standard InChI is InChI=1S/C23H32ClNO5S/c1-15(2)9-11-31(29,30)20-7-6-17(12-19(20)24)23(5)13-21(26)25(10-8-22(27)28)14-18(23)16(3)4/h6-7,12,14-16H,8-11,13H2,1-5H3,(H,27,28)/t23-/m0/s1. The van der Waals surface area contributed by atoms with Gasteiger partial charge in [-0.3, -0.25) is 9.59 Å². The van der Waals surface area contributed by atoms with E-state index in [9.17, 15) is 18.0 Å². The van der Waals surface area contributed by atoms with Crippen molar-refractivity contribution in [1.82, 2.24) is 4.90 Å². The number of sulfone groups is 1. The maximum atomic E-state index is 12.8. The SMILES string of the molecule is CC(C)CCS(=O)(=O)c1ccc([C@]2(C)CC(=O)N(CCC(=O)O)C=C2C(C)C)cc1Cl. The number of hydrogen-bond acceptors (Lipinski definition) is 4. The number of aliphatic carboxylic acids is 1. The van der Waals surface area contributed by atoms with Gasteiger partial charge < -0.3 is 10.0 Å². The Morgan fingerprint density at radius 3 is 2.42 bits per heavy atom. The molecule has 1 aromatic carbocycles. The quantitative estimate of drug-likeness (QED) is 0.567. The summed E-state index contributed by atoms with van der Waals surface area (Å²) in [4.78, 5) is 25.3. The van der Waals surface area contributed by atoms with Crippen molar-refractivity contribution in [2.75, 3.05) is 12.3 Å². The van der Waals surface area contributed by atoms with Crippen LogP contribution in [0.2, 0.25) is 5.02 Å². The van der Waals surface area contributed by atoms with Crippen LogP contribution in [0.25, 0.3) is 0 Å². The van der Waals surface area contributed by atoms with Crippen molar-refractivity contribution < 1.29 is 23.1 Å². The number of carboxylic acid groups (broad SMARTS) is 1. The molecule has 0 unspecified atom stereocenters. The molecule has 172 valence electrons. The lowest BCUT2D eigenvalue weighted by atomic mass is 9.68. The van der Waals surface area contributed by atoms with E-state index in [4.69, 9.17) is 16.7 Å². The molecule has 0 radical (unpaired) electrons. The fraction of sp³-hybridized carbons (Fsp3) is 0.565. The van der Waals surface area contributed by atoms with Crippen LogP contribution in [0.5, 0.6) is 0 Å². The van der Waals surface area contributed by atoms with E-state index in [-0.39, 0.29) is 52.8 Å². The van der Waals surface area contributed by atoms with Crippen LogP contribution in [-0.2, 0) is 24.8 Å². The Bertz CT molecular complexity index is 984. The average Bonchev–Trinajstić information content (AvgIpc) is 2.65. The van der Waals surface area contributed by atoms with Crippen LogP contribution in [0.15, 0.2) is 34.9 Å². The van der Waals surface area contributed by atoms with Gasteiger partial charge in [-0.05, 0) is 41.5 Å². The number of rotatable bonds is 9. The Labute approximate surface area is 190 Å². The van der Waals surface area contributed by atoms with Crippen molar-refractivity contribution in [2.24, 2.45) is 11.8 Å². The van der Waals surface area contributed by atoms with Gasteiger partial charge in [0.2, 0.25) is 5.91 Å². The first-order valence-corrected chi connectivity index (χ1v) is 12.6. The molecule has 2 rings (SSSR count). The molecule has 0 aromatic heterocycles. The summed E-state index contributed by atoms with van der Waals surface area (Å²) in [6.45, 7) is 10.0. The van der Waals surface area contributed by atoms with Crippen molar-refractivity contribution >= 4 is 33.3 Å². The lowest BCUT2D eigenvalue weighted by molar-refractivity contribution is -0.138. The molecule has 0 bridgehead atoms. The van der Waals surface area contributed by atoms with Gasteiger partial charge in [-0.1, -0.05) is 52.3 Å². The number of carboxylic acids is 1. The van der Waals surface area contributed by atoms with E-state index in [2.05, 4.69) is 0 Å². The third kappa shape index (κ3) is 5.89. The summed E-state index contributed by atoms with van der Waals surface area (Å²) in [5.74, 6) is -0.726. The van der Waals surface area contributed by atoms with Gasteiger partial charge in [-0.15, -0.1) is 0 Å². The van der Waals surface area contributed by atoms with Gasteiger partial charge in [-0.25, -0.2) is 8.42 Å². The molecule has 0 fully saturated rings. The average molecular weight is 470 g/mol. The highest BCUT2D eigenvalue weighted by molar-refractivity contribution is 7.91. The van der Waals surface area contributed by atoms with Crippen LogP contribution in [-0.4, -0.2) is 42.6 Å². The first kappa shape index (κ1) is 25.4. The summed E-state index contributed by atoms with van der Waals surface area (Å²) in [7, 11) is -3.50. The van der Waals surface area contributed by atoms with Gasteiger partial charge in [0.15, 0.2) is 9.84 Å². The Kier molecular flexibility index (Phi) is 7.98. The highest BCUT2D eigenvalue weighted by Crippen LogP contribution is 2.44. The summed E-state index contributed by atoms with van der Waals surface area (Å²) >= 11 is 6.43. The summed E-state index contributed by atoms with van der Waals surface area (Å²) < 4.78 is 25.4. The molecule has 1 aliphatic rings. The molecular weight excluding hydrogens is 438 g/mol. The maximum absolute atomic E-state index is 12.8. The Balaban J connectivity index is 2.44. The molecular formula is C23H32ClNO5S. The lowest BCUT2D eigenvalue weighted by Gasteiger charge is -2.41. The van der Waals surface area contributed by atoms with Crippen LogP contribution < -0.4 is 0 Å². The molecule has 1 aliphatic heterocycles. The van der Waals surface area contributed by atoms with Gasteiger partial charge >= 0.3 is 5.97 Å². The van der Waals surface area contributed by atoms with Crippen LogP contribution >= 0.6 is 11.6 Å². The van der Waals surface area contributed by atoms with Crippen molar-refractivity contribution in [1.29, 1.82) is 0 Å². The highest BCUT2D eigenvalue weighted by Gasteiger charge is 2.40. The number of hydrogen-bond donors (Lipinski definition) is 1. The lowest BCUT2D eigenvalue weighted by Crippen LogP contribution is -2.42. The van der Waals surface area contributed by atoms with Crippen LogP contribution in [0, 0.1) is 11.8 Å². The molecule has 0 aliphatic carbocycles. The number of amides is 1. The first-order valence-electron chi connectivity index (χ1n) is 10.5. The second-order valence-corrected chi connectivity index (χ2v) is 11.6. The van der Waals surface area contributed by atoms with E-state index >= 15 is 0 Å². The normalized spacial score (nSPS) is 19.8. The number of carbonyl (C=O) groups excluding carboxylic acids is 1. The zero-order chi connectivity index (χ0) is 23.6. The molecule has 31 heavy (non-hydrogen) atoms. The highest BCUT2D eigenvalue weighted by atomic mass is 35.5. The molecule has 0 saturated carbocycles. The molecule has 1 amide bonds. The Hall–Kier alpha value is -1.86. The summed E-state index contributed by atoms with van der Waals surface area (Å²) in [6.07, 6.45) is 2.34. The number of halogens is 1. The summed E-state index contributed by atoms with van der Waals surface area (Å²) in [6, 6.07) is 4.93. The molecule has 0 saturated heterocycles. The van der Waals surface area contributed by atoms with Gasteiger partial charge in [-0.2, -0.15) is 0 Å². The number of benzene rings is 1. The topological polar surface area (TPSA) is 91.8 Å². The van der Waals surface area contributed by atoms with E-state index < -0.39 is 21.2 Å². The second-order valence-electron chi connectivity index (χ2n) is 9.13. The number of carbonyl (C=O) groups is 2. The predicted molar refractivity (Wildman–Crippen MR) is 122 cm³/mol.